The lowest BCUT2D eigenvalue weighted by Gasteiger charge is -2.16. The molecule has 1 atom stereocenters. The average molecular weight is 376 g/mol. The number of benzene rings is 1. The largest absolute Gasteiger partial charge is 0.315 e. The second kappa shape index (κ2) is 6.27. The number of halogens is 1. The van der Waals surface area contributed by atoms with Crippen LogP contribution in [0.4, 0.5) is 4.39 Å². The molecule has 6 heteroatoms. The van der Waals surface area contributed by atoms with Crippen molar-refractivity contribution in [1.82, 2.24) is 19.3 Å². The molecule has 0 spiro atoms. The third kappa shape index (κ3) is 2.64. The molecule has 4 aromatic rings. The normalized spacial score (nSPS) is 17.0. The highest BCUT2D eigenvalue weighted by atomic mass is 19.1. The fraction of sp³-hybridized carbons (Fsp3) is 0.273. The number of fused-ring (bicyclic) bond motifs is 2. The lowest BCUT2D eigenvalue weighted by Crippen LogP contribution is -2.26. The van der Waals surface area contributed by atoms with Gasteiger partial charge < -0.3 is 14.3 Å². The van der Waals surface area contributed by atoms with Crippen molar-refractivity contribution in [3.8, 4) is 11.1 Å². The van der Waals surface area contributed by atoms with E-state index in [2.05, 4.69) is 10.3 Å². The van der Waals surface area contributed by atoms with Crippen molar-refractivity contribution in [2.45, 2.75) is 26.3 Å². The molecule has 0 bridgehead atoms. The summed E-state index contributed by atoms with van der Waals surface area (Å²) in [6, 6.07) is 7.44. The first-order valence-electron chi connectivity index (χ1n) is 9.53. The predicted molar refractivity (Wildman–Crippen MR) is 108 cm³/mol. The van der Waals surface area contributed by atoms with Gasteiger partial charge in [-0.15, -0.1) is 0 Å². The SMILES string of the molecule is Cc1cn2cc(-c3ccc4c(=O)n(C5CCNC5)cc(C)c4c3)cc(F)c2n1. The van der Waals surface area contributed by atoms with Crippen LogP contribution in [0.2, 0.25) is 0 Å². The highest BCUT2D eigenvalue weighted by molar-refractivity contribution is 5.89. The van der Waals surface area contributed by atoms with Crippen molar-refractivity contribution < 1.29 is 4.39 Å². The summed E-state index contributed by atoms with van der Waals surface area (Å²) in [5, 5.41) is 4.93. The fourth-order valence-electron chi connectivity index (χ4n) is 4.20. The summed E-state index contributed by atoms with van der Waals surface area (Å²) in [4.78, 5) is 17.2. The molecule has 1 unspecified atom stereocenters. The van der Waals surface area contributed by atoms with Crippen LogP contribution < -0.4 is 10.9 Å². The Hall–Kier alpha value is -2.99. The van der Waals surface area contributed by atoms with Gasteiger partial charge in [0.15, 0.2) is 11.5 Å². The zero-order valence-electron chi connectivity index (χ0n) is 15.9. The van der Waals surface area contributed by atoms with Gasteiger partial charge in [-0.05, 0) is 61.5 Å². The molecule has 1 aliphatic heterocycles. The molecule has 1 aromatic carbocycles. The van der Waals surface area contributed by atoms with Gasteiger partial charge in [0.2, 0.25) is 0 Å². The van der Waals surface area contributed by atoms with Gasteiger partial charge in [0.05, 0.1) is 11.7 Å². The van der Waals surface area contributed by atoms with Crippen LogP contribution in [-0.4, -0.2) is 27.0 Å². The van der Waals surface area contributed by atoms with E-state index < -0.39 is 0 Å². The van der Waals surface area contributed by atoms with Crippen LogP contribution in [0.25, 0.3) is 27.5 Å². The van der Waals surface area contributed by atoms with Crippen LogP contribution in [0.1, 0.15) is 23.7 Å². The molecule has 5 nitrogen and oxygen atoms in total. The first-order valence-corrected chi connectivity index (χ1v) is 9.53. The number of aromatic nitrogens is 3. The molecule has 0 aliphatic carbocycles. The lowest BCUT2D eigenvalue weighted by atomic mass is 10.0. The molecule has 142 valence electrons. The zero-order valence-corrected chi connectivity index (χ0v) is 15.9. The first kappa shape index (κ1) is 17.1. The quantitative estimate of drug-likeness (QED) is 0.582. The number of nitrogens with one attached hydrogen (secondary N) is 1. The third-order valence-corrected chi connectivity index (χ3v) is 5.63. The van der Waals surface area contributed by atoms with Crippen molar-refractivity contribution in [2.75, 3.05) is 13.1 Å². The molecule has 0 radical (unpaired) electrons. The van der Waals surface area contributed by atoms with Crippen molar-refractivity contribution in [2.24, 2.45) is 0 Å². The van der Waals surface area contributed by atoms with Crippen LogP contribution in [0.3, 0.4) is 0 Å². The predicted octanol–water partition coefficient (Wildman–Crippen LogP) is 3.61. The maximum atomic E-state index is 14.5. The Bertz CT molecular complexity index is 1280. The van der Waals surface area contributed by atoms with E-state index >= 15 is 0 Å². The van der Waals surface area contributed by atoms with Crippen molar-refractivity contribution in [1.29, 1.82) is 0 Å². The molecular weight excluding hydrogens is 355 g/mol. The Morgan fingerprint density at radius 3 is 2.75 bits per heavy atom. The number of hydrogen-bond acceptors (Lipinski definition) is 3. The monoisotopic (exact) mass is 376 g/mol. The zero-order chi connectivity index (χ0) is 19.4. The second-order valence-electron chi connectivity index (χ2n) is 7.62. The Labute approximate surface area is 161 Å². The number of aryl methyl sites for hydroxylation is 2. The van der Waals surface area contributed by atoms with E-state index in [1.165, 1.54) is 6.07 Å². The molecule has 3 aromatic heterocycles. The smallest absolute Gasteiger partial charge is 0.258 e. The molecule has 0 amide bonds. The van der Waals surface area contributed by atoms with Crippen LogP contribution in [0.15, 0.2) is 47.7 Å². The van der Waals surface area contributed by atoms with E-state index in [4.69, 9.17) is 0 Å². The molecule has 28 heavy (non-hydrogen) atoms. The summed E-state index contributed by atoms with van der Waals surface area (Å²) in [7, 11) is 0. The van der Waals surface area contributed by atoms with Crippen LogP contribution in [0, 0.1) is 19.7 Å². The second-order valence-corrected chi connectivity index (χ2v) is 7.62. The molecule has 1 N–H and O–H groups in total. The topological polar surface area (TPSA) is 51.3 Å². The van der Waals surface area contributed by atoms with Crippen molar-refractivity contribution in [3.63, 3.8) is 0 Å². The van der Waals surface area contributed by atoms with E-state index in [-0.39, 0.29) is 17.4 Å². The Morgan fingerprint density at radius 1 is 1.11 bits per heavy atom. The van der Waals surface area contributed by atoms with Gasteiger partial charge in [-0.25, -0.2) is 9.37 Å². The van der Waals surface area contributed by atoms with E-state index in [0.29, 0.717) is 11.0 Å². The Kier molecular flexibility index (Phi) is 3.84. The standard InChI is InChI=1S/C22H21FN4O/c1-13-10-27(17-5-6-24-9-17)22(28)18-4-3-15(7-19(13)18)16-8-20(23)21-25-14(2)11-26(21)12-16/h3-4,7-8,10-12,17,24H,5-6,9H2,1-2H3. The van der Waals surface area contributed by atoms with E-state index in [1.807, 2.05) is 55.2 Å². The average Bonchev–Trinajstić information content (AvgIpc) is 3.33. The van der Waals surface area contributed by atoms with Crippen LogP contribution in [-0.2, 0) is 0 Å². The van der Waals surface area contributed by atoms with E-state index in [1.54, 1.807) is 4.40 Å². The van der Waals surface area contributed by atoms with Crippen molar-refractivity contribution in [3.05, 3.63) is 70.3 Å². The number of hydrogen-bond donors (Lipinski definition) is 1. The molecular formula is C22H21FN4O. The van der Waals surface area contributed by atoms with Crippen LogP contribution >= 0.6 is 0 Å². The highest BCUT2D eigenvalue weighted by Crippen LogP contribution is 2.27. The molecule has 1 saturated heterocycles. The summed E-state index contributed by atoms with van der Waals surface area (Å²) in [6.45, 7) is 5.63. The van der Waals surface area contributed by atoms with Gasteiger partial charge in [0.25, 0.3) is 5.56 Å². The highest BCUT2D eigenvalue weighted by Gasteiger charge is 2.19. The van der Waals surface area contributed by atoms with Gasteiger partial charge in [-0.2, -0.15) is 0 Å². The minimum absolute atomic E-state index is 0.0349. The number of pyridine rings is 2. The summed E-state index contributed by atoms with van der Waals surface area (Å²) >= 11 is 0. The van der Waals surface area contributed by atoms with Crippen molar-refractivity contribution >= 4 is 16.4 Å². The summed E-state index contributed by atoms with van der Waals surface area (Å²) in [5.74, 6) is -0.355. The first-order chi connectivity index (χ1) is 13.5. The minimum atomic E-state index is -0.355. The molecule has 5 rings (SSSR count). The van der Waals surface area contributed by atoms with Gasteiger partial charge in [0.1, 0.15) is 0 Å². The maximum Gasteiger partial charge on any atom is 0.258 e. The lowest BCUT2D eigenvalue weighted by molar-refractivity contribution is 0.531. The molecule has 0 saturated carbocycles. The summed E-state index contributed by atoms with van der Waals surface area (Å²) in [6.07, 6.45) is 6.60. The Morgan fingerprint density at radius 2 is 1.96 bits per heavy atom. The third-order valence-electron chi connectivity index (χ3n) is 5.63. The van der Waals surface area contributed by atoms with E-state index in [0.717, 1.165) is 47.3 Å². The molecule has 1 fully saturated rings. The Balaban J connectivity index is 1.67. The maximum absolute atomic E-state index is 14.5. The summed E-state index contributed by atoms with van der Waals surface area (Å²) in [5.41, 5.74) is 3.81. The number of nitrogens with zero attached hydrogens (tertiary/aromatic N) is 3. The van der Waals surface area contributed by atoms with Gasteiger partial charge >= 0.3 is 0 Å². The molecule has 4 heterocycles. The van der Waals surface area contributed by atoms with Gasteiger partial charge in [-0.3, -0.25) is 4.79 Å². The van der Waals surface area contributed by atoms with Crippen LogP contribution in [0.5, 0.6) is 0 Å². The molecule has 1 aliphatic rings. The van der Waals surface area contributed by atoms with Gasteiger partial charge in [-0.1, -0.05) is 6.07 Å². The fourth-order valence-corrected chi connectivity index (χ4v) is 4.20. The van der Waals surface area contributed by atoms with E-state index in [9.17, 15) is 9.18 Å². The minimum Gasteiger partial charge on any atom is -0.315 e. The number of rotatable bonds is 2. The number of imidazole rings is 1. The summed E-state index contributed by atoms with van der Waals surface area (Å²) < 4.78 is 18.1. The van der Waals surface area contributed by atoms with Gasteiger partial charge in [0, 0.05) is 36.1 Å².